The van der Waals surface area contributed by atoms with Crippen LogP contribution in [0.3, 0.4) is 0 Å². The highest BCUT2D eigenvalue weighted by molar-refractivity contribution is 8.00. The van der Waals surface area contributed by atoms with Gasteiger partial charge in [-0.25, -0.2) is 0 Å². The Bertz CT molecular complexity index is 108. The topological polar surface area (TPSA) is 12.0 Å². The van der Waals surface area contributed by atoms with Crippen molar-refractivity contribution in [2.75, 3.05) is 17.8 Å². The van der Waals surface area contributed by atoms with Gasteiger partial charge in [-0.1, -0.05) is 0 Å². The van der Waals surface area contributed by atoms with Crippen molar-refractivity contribution >= 4 is 23.5 Å². The third-order valence-corrected chi connectivity index (χ3v) is 3.81. The molecule has 66 valence electrons. The van der Waals surface area contributed by atoms with Crippen LogP contribution in [0.1, 0.15) is 19.8 Å². The maximum Gasteiger partial charge on any atom is 0.0542 e. The minimum atomic E-state index is 0.728. The van der Waals surface area contributed by atoms with Crippen molar-refractivity contribution in [3.63, 3.8) is 0 Å². The molecule has 1 aliphatic heterocycles. The predicted octanol–water partition coefficient (Wildman–Crippen LogP) is 2.18. The van der Waals surface area contributed by atoms with Crippen molar-refractivity contribution < 1.29 is 0 Å². The van der Waals surface area contributed by atoms with Crippen molar-refractivity contribution in [1.82, 2.24) is 5.32 Å². The SMILES string of the molecule is CSCCC1NC(C)CCS1. The summed E-state index contributed by atoms with van der Waals surface area (Å²) in [6.45, 7) is 2.28. The second kappa shape index (κ2) is 5.33. The number of rotatable bonds is 3. The molecule has 2 atom stereocenters. The minimum absolute atomic E-state index is 0.728. The first-order valence-corrected chi connectivity index (χ1v) is 6.64. The molecule has 0 bridgehead atoms. The van der Waals surface area contributed by atoms with Crippen molar-refractivity contribution in [3.8, 4) is 0 Å². The van der Waals surface area contributed by atoms with Gasteiger partial charge >= 0.3 is 0 Å². The van der Waals surface area contributed by atoms with Crippen LogP contribution in [0, 0.1) is 0 Å². The fourth-order valence-corrected chi connectivity index (χ4v) is 3.24. The first-order chi connectivity index (χ1) is 5.33. The molecule has 3 heteroatoms. The van der Waals surface area contributed by atoms with Crippen molar-refractivity contribution in [3.05, 3.63) is 0 Å². The van der Waals surface area contributed by atoms with Gasteiger partial charge in [-0.3, -0.25) is 0 Å². The van der Waals surface area contributed by atoms with E-state index in [9.17, 15) is 0 Å². The smallest absolute Gasteiger partial charge is 0.0542 e. The van der Waals surface area contributed by atoms with Crippen LogP contribution in [0.4, 0.5) is 0 Å². The Balaban J connectivity index is 2.12. The van der Waals surface area contributed by atoms with Gasteiger partial charge in [0.1, 0.15) is 0 Å². The summed E-state index contributed by atoms with van der Waals surface area (Å²) in [6.07, 6.45) is 4.83. The fourth-order valence-electron chi connectivity index (χ4n) is 1.23. The molecule has 1 N–H and O–H groups in total. The summed E-state index contributed by atoms with van der Waals surface area (Å²) in [5.41, 5.74) is 0. The molecular formula is C8H17NS2. The zero-order valence-electron chi connectivity index (χ0n) is 7.30. The second-order valence-electron chi connectivity index (χ2n) is 3.00. The molecule has 0 spiro atoms. The zero-order chi connectivity index (χ0) is 8.10. The number of hydrogen-bond donors (Lipinski definition) is 1. The van der Waals surface area contributed by atoms with Crippen LogP contribution in [0.2, 0.25) is 0 Å². The molecule has 0 radical (unpaired) electrons. The zero-order valence-corrected chi connectivity index (χ0v) is 8.93. The Morgan fingerprint density at radius 2 is 2.45 bits per heavy atom. The van der Waals surface area contributed by atoms with Crippen molar-refractivity contribution in [2.24, 2.45) is 0 Å². The monoisotopic (exact) mass is 191 g/mol. The standard InChI is InChI=1S/C8H17NS2/c1-7-3-6-11-8(9-7)4-5-10-2/h7-9H,3-6H2,1-2H3. The van der Waals surface area contributed by atoms with Crippen molar-refractivity contribution in [1.29, 1.82) is 0 Å². The van der Waals surface area contributed by atoms with E-state index in [1.807, 2.05) is 11.8 Å². The van der Waals surface area contributed by atoms with E-state index in [4.69, 9.17) is 0 Å². The van der Waals surface area contributed by atoms with E-state index in [0.29, 0.717) is 0 Å². The lowest BCUT2D eigenvalue weighted by Gasteiger charge is -2.28. The summed E-state index contributed by atoms with van der Waals surface area (Å²) >= 11 is 4.03. The molecule has 0 aromatic heterocycles. The average Bonchev–Trinajstić information content (AvgIpc) is 2.01. The first-order valence-electron chi connectivity index (χ1n) is 4.19. The van der Waals surface area contributed by atoms with Gasteiger partial charge in [0, 0.05) is 6.04 Å². The lowest BCUT2D eigenvalue weighted by molar-refractivity contribution is 0.496. The van der Waals surface area contributed by atoms with Gasteiger partial charge < -0.3 is 5.32 Å². The van der Waals surface area contributed by atoms with Gasteiger partial charge in [-0.15, -0.1) is 11.8 Å². The molecular weight excluding hydrogens is 174 g/mol. The lowest BCUT2D eigenvalue weighted by atomic mass is 10.2. The van der Waals surface area contributed by atoms with E-state index in [1.54, 1.807) is 0 Å². The molecule has 0 amide bonds. The first kappa shape index (κ1) is 9.75. The third kappa shape index (κ3) is 3.72. The molecule has 1 rings (SSSR count). The van der Waals surface area contributed by atoms with Crippen molar-refractivity contribution in [2.45, 2.75) is 31.2 Å². The Morgan fingerprint density at radius 3 is 3.09 bits per heavy atom. The summed E-state index contributed by atoms with van der Waals surface area (Å²) < 4.78 is 0. The molecule has 1 saturated heterocycles. The highest BCUT2D eigenvalue weighted by Crippen LogP contribution is 2.21. The molecule has 0 aromatic rings. The average molecular weight is 191 g/mol. The summed E-state index contributed by atoms with van der Waals surface area (Å²) in [5, 5.41) is 4.33. The molecule has 1 fully saturated rings. The minimum Gasteiger partial charge on any atom is -0.303 e. The van der Waals surface area contributed by atoms with Gasteiger partial charge in [0.2, 0.25) is 0 Å². The molecule has 2 unspecified atom stereocenters. The van der Waals surface area contributed by atoms with Gasteiger partial charge in [-0.2, -0.15) is 11.8 Å². The summed E-state index contributed by atoms with van der Waals surface area (Å²) in [5.74, 6) is 2.63. The van der Waals surface area contributed by atoms with Crippen LogP contribution in [-0.4, -0.2) is 29.2 Å². The Labute approximate surface area is 78.1 Å². The van der Waals surface area contributed by atoms with Crippen LogP contribution in [0.15, 0.2) is 0 Å². The molecule has 0 saturated carbocycles. The van der Waals surface area contributed by atoms with Crippen LogP contribution < -0.4 is 5.32 Å². The molecule has 1 aliphatic rings. The van der Waals surface area contributed by atoms with Crippen LogP contribution in [0.5, 0.6) is 0 Å². The molecule has 1 heterocycles. The van der Waals surface area contributed by atoms with E-state index < -0.39 is 0 Å². The number of hydrogen-bond acceptors (Lipinski definition) is 3. The Hall–Kier alpha value is 0.660. The summed E-state index contributed by atoms with van der Waals surface area (Å²) in [4.78, 5) is 0. The Kier molecular flexibility index (Phi) is 4.72. The Morgan fingerprint density at radius 1 is 1.64 bits per heavy atom. The van der Waals surface area contributed by atoms with Gasteiger partial charge in [-0.05, 0) is 37.5 Å². The summed E-state index contributed by atoms with van der Waals surface area (Å²) in [7, 11) is 0. The largest absolute Gasteiger partial charge is 0.303 e. The third-order valence-electron chi connectivity index (χ3n) is 1.92. The quantitative estimate of drug-likeness (QED) is 0.734. The maximum atomic E-state index is 3.60. The van der Waals surface area contributed by atoms with Gasteiger partial charge in [0.25, 0.3) is 0 Å². The van der Waals surface area contributed by atoms with E-state index in [-0.39, 0.29) is 0 Å². The number of thioether (sulfide) groups is 2. The molecule has 0 aromatic carbocycles. The normalized spacial score (nSPS) is 32.2. The maximum absolute atomic E-state index is 3.60. The highest BCUT2D eigenvalue weighted by atomic mass is 32.2. The molecule has 0 aliphatic carbocycles. The van der Waals surface area contributed by atoms with E-state index in [0.717, 1.165) is 11.4 Å². The lowest BCUT2D eigenvalue weighted by Crippen LogP contribution is -2.39. The summed E-state index contributed by atoms with van der Waals surface area (Å²) in [6, 6.07) is 0.739. The highest BCUT2D eigenvalue weighted by Gasteiger charge is 2.16. The molecule has 1 nitrogen and oxygen atoms in total. The van der Waals surface area contributed by atoms with Gasteiger partial charge in [0.15, 0.2) is 0 Å². The fraction of sp³-hybridized carbons (Fsp3) is 1.00. The van der Waals surface area contributed by atoms with E-state index >= 15 is 0 Å². The van der Waals surface area contributed by atoms with E-state index in [2.05, 4.69) is 30.3 Å². The van der Waals surface area contributed by atoms with Gasteiger partial charge in [0.05, 0.1) is 5.37 Å². The van der Waals surface area contributed by atoms with Crippen LogP contribution in [0.25, 0.3) is 0 Å². The molecule has 11 heavy (non-hydrogen) atoms. The van der Waals surface area contributed by atoms with Crippen LogP contribution >= 0.6 is 23.5 Å². The second-order valence-corrected chi connectivity index (χ2v) is 5.29. The van der Waals surface area contributed by atoms with E-state index in [1.165, 1.54) is 24.3 Å². The number of nitrogens with one attached hydrogen (secondary N) is 1. The van der Waals surface area contributed by atoms with Crippen LogP contribution in [-0.2, 0) is 0 Å². The predicted molar refractivity (Wildman–Crippen MR) is 56.5 cm³/mol.